The van der Waals surface area contributed by atoms with Crippen LogP contribution in [0.5, 0.6) is 0 Å². The Morgan fingerprint density at radius 3 is 2.29 bits per heavy atom. The molecule has 0 aromatic carbocycles. The Kier molecular flexibility index (Phi) is 6.33. The third-order valence-electron chi connectivity index (χ3n) is 4.67. The van der Waals surface area contributed by atoms with Gasteiger partial charge in [0.05, 0.1) is 5.76 Å². The van der Waals surface area contributed by atoms with Crippen LogP contribution in [-0.2, 0) is 8.85 Å². The van der Waals surface area contributed by atoms with Gasteiger partial charge in [0.15, 0.2) is 8.32 Å². The number of hydrogen-bond acceptors (Lipinski definition) is 2. The first-order valence-corrected chi connectivity index (χ1v) is 14.7. The zero-order valence-electron chi connectivity index (χ0n) is 15.5. The first-order valence-electron chi connectivity index (χ1n) is 8.43. The zero-order valence-corrected chi connectivity index (χ0v) is 17.5. The quantitative estimate of drug-likeness (QED) is 0.562. The smallest absolute Gasteiger partial charge is 0.241 e. The van der Waals surface area contributed by atoms with Crippen molar-refractivity contribution in [2.45, 2.75) is 84.2 Å². The first kappa shape index (κ1) is 19.0. The summed E-state index contributed by atoms with van der Waals surface area (Å²) in [6, 6.07) is 0. The molecule has 0 aromatic rings. The highest BCUT2D eigenvalue weighted by Gasteiger charge is 2.37. The molecular formula is C17H36O2Si2. The van der Waals surface area contributed by atoms with Crippen LogP contribution in [0.4, 0.5) is 0 Å². The van der Waals surface area contributed by atoms with Gasteiger partial charge < -0.3 is 8.85 Å². The van der Waals surface area contributed by atoms with Gasteiger partial charge in [-0.25, -0.2) is 0 Å². The average Bonchev–Trinajstić information content (AvgIpc) is 2.25. The van der Waals surface area contributed by atoms with Crippen molar-refractivity contribution >= 4 is 16.6 Å². The molecule has 2 nitrogen and oxygen atoms in total. The fourth-order valence-corrected chi connectivity index (χ4v) is 4.38. The molecule has 21 heavy (non-hydrogen) atoms. The van der Waals surface area contributed by atoms with Gasteiger partial charge in [-0.15, -0.1) is 0 Å². The summed E-state index contributed by atoms with van der Waals surface area (Å²) in [5.41, 5.74) is 0. The Bertz CT molecular complexity index is 362. The van der Waals surface area contributed by atoms with Crippen molar-refractivity contribution < 1.29 is 8.85 Å². The van der Waals surface area contributed by atoms with E-state index < -0.39 is 16.6 Å². The van der Waals surface area contributed by atoms with Crippen LogP contribution in [0.1, 0.15) is 46.5 Å². The predicted octanol–water partition coefficient (Wildman–Crippen LogP) is 5.93. The molecule has 0 radical (unpaired) electrons. The van der Waals surface area contributed by atoms with Crippen molar-refractivity contribution in [1.82, 2.24) is 0 Å². The van der Waals surface area contributed by atoms with Crippen LogP contribution in [0.3, 0.4) is 0 Å². The molecule has 124 valence electrons. The molecule has 0 N–H and O–H groups in total. The molecule has 1 atom stereocenters. The molecule has 0 saturated carbocycles. The van der Waals surface area contributed by atoms with Crippen molar-refractivity contribution in [3.63, 3.8) is 0 Å². The second-order valence-corrected chi connectivity index (χ2v) is 18.2. The van der Waals surface area contributed by atoms with E-state index in [1.165, 1.54) is 25.0 Å². The zero-order chi connectivity index (χ0) is 16.3. The third kappa shape index (κ3) is 6.70. The predicted molar refractivity (Wildman–Crippen MR) is 97.6 cm³/mol. The van der Waals surface area contributed by atoms with Crippen LogP contribution < -0.4 is 0 Å². The number of rotatable bonds is 6. The van der Waals surface area contributed by atoms with Gasteiger partial charge in [0.2, 0.25) is 8.32 Å². The van der Waals surface area contributed by atoms with E-state index >= 15 is 0 Å². The average molecular weight is 329 g/mol. The van der Waals surface area contributed by atoms with Gasteiger partial charge in [-0.05, 0) is 69.0 Å². The van der Waals surface area contributed by atoms with Gasteiger partial charge in [-0.1, -0.05) is 20.8 Å². The lowest BCUT2D eigenvalue weighted by molar-refractivity contribution is 0.235. The van der Waals surface area contributed by atoms with Crippen molar-refractivity contribution in [2.24, 2.45) is 5.92 Å². The molecular weight excluding hydrogens is 292 g/mol. The van der Waals surface area contributed by atoms with Crippen LogP contribution >= 0.6 is 0 Å². The van der Waals surface area contributed by atoms with E-state index in [9.17, 15) is 0 Å². The minimum Gasteiger partial charge on any atom is -0.548 e. The summed E-state index contributed by atoms with van der Waals surface area (Å²) < 4.78 is 12.5. The first-order chi connectivity index (χ1) is 9.41. The summed E-state index contributed by atoms with van der Waals surface area (Å²) in [6.45, 7) is 19.3. The molecule has 4 heteroatoms. The summed E-state index contributed by atoms with van der Waals surface area (Å²) in [5, 5.41) is 0.311. The molecule has 0 bridgehead atoms. The normalized spacial score (nSPS) is 21.1. The maximum atomic E-state index is 6.32. The second-order valence-electron chi connectivity index (χ2n) is 8.93. The third-order valence-corrected chi connectivity index (χ3v) is 10.1. The minimum atomic E-state index is -1.58. The molecule has 0 heterocycles. The molecule has 0 aliphatic heterocycles. The van der Waals surface area contributed by atoms with Crippen LogP contribution in [0.15, 0.2) is 11.8 Å². The van der Waals surface area contributed by atoms with Gasteiger partial charge in [-0.2, -0.15) is 0 Å². The lowest BCUT2D eigenvalue weighted by Gasteiger charge is -2.37. The van der Waals surface area contributed by atoms with E-state index in [-0.39, 0.29) is 0 Å². The summed E-state index contributed by atoms with van der Waals surface area (Å²) in [6.07, 6.45) is 7.07. The van der Waals surface area contributed by atoms with Crippen molar-refractivity contribution in [3.05, 3.63) is 11.8 Å². The highest BCUT2D eigenvalue weighted by Crippen LogP contribution is 2.37. The van der Waals surface area contributed by atoms with Crippen molar-refractivity contribution in [1.29, 1.82) is 0 Å². The lowest BCUT2D eigenvalue weighted by Crippen LogP contribution is -2.41. The SMILES string of the molecule is CC(C)(C)[Si](C)(C)OCCC1CCC=C(O[Si](C)(C)C)C1. The van der Waals surface area contributed by atoms with E-state index in [0.29, 0.717) is 5.04 Å². The molecule has 1 unspecified atom stereocenters. The Morgan fingerprint density at radius 1 is 1.14 bits per heavy atom. The molecule has 0 aromatic heterocycles. The Labute approximate surface area is 134 Å². The largest absolute Gasteiger partial charge is 0.548 e. The van der Waals surface area contributed by atoms with Gasteiger partial charge >= 0.3 is 0 Å². The summed E-state index contributed by atoms with van der Waals surface area (Å²) in [7, 11) is -3.04. The van der Waals surface area contributed by atoms with Gasteiger partial charge in [0.25, 0.3) is 0 Å². The molecule has 0 amide bonds. The summed E-state index contributed by atoms with van der Waals surface area (Å²) in [4.78, 5) is 0. The number of allylic oxidation sites excluding steroid dienone is 2. The van der Waals surface area contributed by atoms with Crippen LogP contribution in [0, 0.1) is 5.92 Å². The topological polar surface area (TPSA) is 18.5 Å². The maximum Gasteiger partial charge on any atom is 0.241 e. The number of hydrogen-bond donors (Lipinski definition) is 0. The van der Waals surface area contributed by atoms with E-state index in [1.807, 2.05) is 0 Å². The Morgan fingerprint density at radius 2 is 1.76 bits per heavy atom. The van der Waals surface area contributed by atoms with Gasteiger partial charge in [0.1, 0.15) is 0 Å². The van der Waals surface area contributed by atoms with Crippen LogP contribution in [-0.4, -0.2) is 23.2 Å². The highest BCUT2D eigenvalue weighted by atomic mass is 28.4. The van der Waals surface area contributed by atoms with E-state index in [0.717, 1.165) is 18.9 Å². The maximum absolute atomic E-state index is 6.32. The standard InChI is InChI=1S/C17H36O2Si2/c1-17(2,3)21(7,8)18-13-12-15-10-9-11-16(14-15)19-20(4,5)6/h11,15H,9-10,12-14H2,1-8H3. The van der Waals surface area contributed by atoms with E-state index in [2.05, 4.69) is 59.6 Å². The molecule has 1 aliphatic rings. The van der Waals surface area contributed by atoms with Crippen LogP contribution in [0.25, 0.3) is 0 Å². The Balaban J connectivity index is 2.39. The van der Waals surface area contributed by atoms with E-state index in [1.54, 1.807) is 0 Å². The van der Waals surface area contributed by atoms with Gasteiger partial charge in [-0.3, -0.25) is 0 Å². The molecule has 0 fully saturated rings. The fourth-order valence-electron chi connectivity index (χ4n) is 2.37. The second kappa shape index (κ2) is 7.01. The minimum absolute atomic E-state index is 0.311. The van der Waals surface area contributed by atoms with E-state index in [4.69, 9.17) is 8.85 Å². The summed E-state index contributed by atoms with van der Waals surface area (Å²) >= 11 is 0. The molecule has 1 aliphatic carbocycles. The molecule has 0 spiro atoms. The molecule has 1 rings (SSSR count). The highest BCUT2D eigenvalue weighted by molar-refractivity contribution is 6.74. The lowest BCUT2D eigenvalue weighted by atomic mass is 9.91. The van der Waals surface area contributed by atoms with Crippen molar-refractivity contribution in [3.8, 4) is 0 Å². The Hall–Kier alpha value is -0.0662. The van der Waals surface area contributed by atoms with Gasteiger partial charge in [0, 0.05) is 13.0 Å². The monoisotopic (exact) mass is 328 g/mol. The summed E-state index contributed by atoms with van der Waals surface area (Å²) in [5.74, 6) is 1.99. The van der Waals surface area contributed by atoms with Crippen molar-refractivity contribution in [2.75, 3.05) is 6.61 Å². The fraction of sp³-hybridized carbons (Fsp3) is 0.882. The molecule has 0 saturated heterocycles. The van der Waals surface area contributed by atoms with Crippen LogP contribution in [0.2, 0.25) is 37.8 Å².